The Morgan fingerprint density at radius 3 is 2.96 bits per heavy atom. The minimum absolute atomic E-state index is 0.100. The van der Waals surface area contributed by atoms with Crippen molar-refractivity contribution < 1.29 is 9.15 Å². The Hall–Kier alpha value is -2.67. The number of aromatic amines is 1. The first-order chi connectivity index (χ1) is 11.1. The van der Waals surface area contributed by atoms with Crippen molar-refractivity contribution in [3.63, 3.8) is 0 Å². The Morgan fingerprint density at radius 1 is 1.35 bits per heavy atom. The quantitative estimate of drug-likeness (QED) is 0.570. The Labute approximate surface area is 138 Å². The summed E-state index contributed by atoms with van der Waals surface area (Å²) in [7, 11) is 0. The van der Waals surface area contributed by atoms with Crippen LogP contribution in [0.2, 0.25) is 0 Å². The smallest absolute Gasteiger partial charge is 0.216 e. The highest BCUT2D eigenvalue weighted by Crippen LogP contribution is 2.23. The van der Waals surface area contributed by atoms with E-state index in [1.165, 1.54) is 0 Å². The van der Waals surface area contributed by atoms with Crippen molar-refractivity contribution in [3.05, 3.63) is 53.2 Å². The summed E-state index contributed by atoms with van der Waals surface area (Å²) in [5.74, 6) is 2.01. The normalized spacial score (nSPS) is 11.4. The zero-order valence-electron chi connectivity index (χ0n) is 12.8. The van der Waals surface area contributed by atoms with Crippen LogP contribution in [-0.2, 0) is 0 Å². The zero-order chi connectivity index (χ0) is 16.2. The highest BCUT2D eigenvalue weighted by molar-refractivity contribution is 7.71. The summed E-state index contributed by atoms with van der Waals surface area (Å²) in [6.45, 7) is 3.97. The second kappa shape index (κ2) is 6.62. The third-order valence-electron chi connectivity index (χ3n) is 2.96. The van der Waals surface area contributed by atoms with Gasteiger partial charge in [0.15, 0.2) is 5.82 Å². The minimum atomic E-state index is 0.100. The fraction of sp³-hybridized carbons (Fsp3) is 0.188. The second-order valence-corrected chi connectivity index (χ2v) is 5.51. The molecular formula is C16H16N4O2S. The van der Waals surface area contributed by atoms with Crippen LogP contribution in [0.25, 0.3) is 11.4 Å². The number of furan rings is 1. The van der Waals surface area contributed by atoms with Gasteiger partial charge >= 0.3 is 0 Å². The van der Waals surface area contributed by atoms with Gasteiger partial charge in [0.1, 0.15) is 11.5 Å². The number of nitrogens with one attached hydrogen (secondary N) is 1. The van der Waals surface area contributed by atoms with Gasteiger partial charge in [-0.25, -0.2) is 5.10 Å². The maximum atomic E-state index is 5.72. The number of benzene rings is 1. The summed E-state index contributed by atoms with van der Waals surface area (Å²) in [6.07, 6.45) is 3.27. The van der Waals surface area contributed by atoms with E-state index in [1.807, 2.05) is 44.2 Å². The fourth-order valence-electron chi connectivity index (χ4n) is 2.05. The van der Waals surface area contributed by atoms with Crippen molar-refractivity contribution in [2.24, 2.45) is 5.10 Å². The molecule has 0 aliphatic carbocycles. The molecule has 3 rings (SSSR count). The summed E-state index contributed by atoms with van der Waals surface area (Å²) in [4.78, 5) is 0. The molecule has 0 radical (unpaired) electrons. The maximum absolute atomic E-state index is 5.72. The molecule has 2 heterocycles. The second-order valence-electron chi connectivity index (χ2n) is 5.12. The average molecular weight is 328 g/mol. The van der Waals surface area contributed by atoms with E-state index >= 15 is 0 Å². The predicted molar refractivity (Wildman–Crippen MR) is 90.3 cm³/mol. The Bertz CT molecular complexity index is 862. The number of H-pyrrole nitrogens is 1. The molecule has 3 aromatic rings. The molecule has 0 saturated carbocycles. The monoisotopic (exact) mass is 328 g/mol. The van der Waals surface area contributed by atoms with Crippen LogP contribution < -0.4 is 4.74 Å². The van der Waals surface area contributed by atoms with Gasteiger partial charge in [-0.05, 0) is 50.3 Å². The Kier molecular flexibility index (Phi) is 4.38. The zero-order valence-corrected chi connectivity index (χ0v) is 13.6. The summed E-state index contributed by atoms with van der Waals surface area (Å²) in [5, 5.41) is 11.3. The van der Waals surface area contributed by atoms with Gasteiger partial charge in [0.2, 0.25) is 4.77 Å². The highest BCUT2D eigenvalue weighted by atomic mass is 32.1. The first-order valence-electron chi connectivity index (χ1n) is 7.16. The summed E-state index contributed by atoms with van der Waals surface area (Å²) in [5.41, 5.74) is 0.854. The van der Waals surface area contributed by atoms with Crippen LogP contribution in [0.3, 0.4) is 0 Å². The van der Waals surface area contributed by atoms with Crippen molar-refractivity contribution in [2.75, 3.05) is 0 Å². The van der Waals surface area contributed by atoms with Gasteiger partial charge in [-0.3, -0.25) is 0 Å². The molecular weight excluding hydrogens is 312 g/mol. The summed E-state index contributed by atoms with van der Waals surface area (Å²) in [6, 6.07) is 11.3. The van der Waals surface area contributed by atoms with E-state index in [-0.39, 0.29) is 6.10 Å². The number of hydrogen-bond donors (Lipinski definition) is 1. The molecule has 23 heavy (non-hydrogen) atoms. The molecule has 7 heteroatoms. The lowest BCUT2D eigenvalue weighted by Gasteiger charge is -2.10. The van der Waals surface area contributed by atoms with Gasteiger partial charge in [-0.1, -0.05) is 12.1 Å². The third-order valence-corrected chi connectivity index (χ3v) is 3.22. The van der Waals surface area contributed by atoms with Crippen LogP contribution in [-0.4, -0.2) is 27.2 Å². The molecule has 1 N–H and O–H groups in total. The number of aromatic nitrogens is 3. The van der Waals surface area contributed by atoms with E-state index in [0.29, 0.717) is 16.4 Å². The maximum Gasteiger partial charge on any atom is 0.216 e. The van der Waals surface area contributed by atoms with Crippen LogP contribution in [0.5, 0.6) is 5.75 Å². The molecule has 0 saturated heterocycles. The average Bonchev–Trinajstić information content (AvgIpc) is 3.14. The SMILES string of the molecule is CC(C)Oc1cccc(-c2n[nH]c(=S)n2N=Cc2ccco2)c1. The fourth-order valence-corrected chi connectivity index (χ4v) is 2.22. The van der Waals surface area contributed by atoms with Gasteiger partial charge in [0, 0.05) is 5.56 Å². The lowest BCUT2D eigenvalue weighted by atomic mass is 10.2. The summed E-state index contributed by atoms with van der Waals surface area (Å²) < 4.78 is 12.9. The van der Waals surface area contributed by atoms with E-state index in [2.05, 4.69) is 15.3 Å². The number of hydrogen-bond acceptors (Lipinski definition) is 5. The van der Waals surface area contributed by atoms with Crippen LogP contribution in [0, 0.1) is 4.77 Å². The standard InChI is InChI=1S/C16H16N4O2S/c1-11(2)22-13-6-3-5-12(9-13)15-18-19-16(23)20(15)17-10-14-7-4-8-21-14/h3-11H,1-2H3,(H,19,23). The van der Waals surface area contributed by atoms with Gasteiger partial charge < -0.3 is 9.15 Å². The van der Waals surface area contributed by atoms with E-state index in [4.69, 9.17) is 21.4 Å². The summed E-state index contributed by atoms with van der Waals surface area (Å²) >= 11 is 5.24. The molecule has 2 aromatic heterocycles. The topological polar surface area (TPSA) is 68.3 Å². The molecule has 0 fully saturated rings. The van der Waals surface area contributed by atoms with Crippen LogP contribution >= 0.6 is 12.2 Å². The van der Waals surface area contributed by atoms with Crippen LogP contribution in [0.1, 0.15) is 19.6 Å². The lowest BCUT2D eigenvalue weighted by molar-refractivity contribution is 0.242. The predicted octanol–water partition coefficient (Wildman–Crippen LogP) is 3.87. The van der Waals surface area contributed by atoms with Crippen molar-refractivity contribution in [1.29, 1.82) is 0 Å². The molecule has 0 aliphatic heterocycles. The third kappa shape index (κ3) is 3.57. The van der Waals surface area contributed by atoms with E-state index in [0.717, 1.165) is 11.3 Å². The lowest BCUT2D eigenvalue weighted by Crippen LogP contribution is -2.05. The first kappa shape index (κ1) is 15.2. The molecule has 118 valence electrons. The molecule has 0 spiro atoms. The number of nitrogens with zero attached hydrogens (tertiary/aromatic N) is 3. The number of ether oxygens (including phenoxy) is 1. The molecule has 0 atom stereocenters. The Morgan fingerprint density at radius 2 is 2.22 bits per heavy atom. The van der Waals surface area contributed by atoms with Crippen LogP contribution in [0.15, 0.2) is 52.2 Å². The Balaban J connectivity index is 1.96. The first-order valence-corrected chi connectivity index (χ1v) is 7.56. The highest BCUT2D eigenvalue weighted by Gasteiger charge is 2.09. The van der Waals surface area contributed by atoms with E-state index in [9.17, 15) is 0 Å². The van der Waals surface area contributed by atoms with E-state index in [1.54, 1.807) is 23.2 Å². The molecule has 1 aromatic carbocycles. The van der Waals surface area contributed by atoms with Gasteiger partial charge in [-0.2, -0.15) is 14.9 Å². The molecule has 0 bridgehead atoms. The number of rotatable bonds is 5. The molecule has 0 amide bonds. The van der Waals surface area contributed by atoms with Gasteiger partial charge in [-0.15, -0.1) is 0 Å². The largest absolute Gasteiger partial charge is 0.491 e. The van der Waals surface area contributed by atoms with Gasteiger partial charge in [0.05, 0.1) is 18.6 Å². The van der Waals surface area contributed by atoms with Crippen molar-refractivity contribution in [3.8, 4) is 17.1 Å². The minimum Gasteiger partial charge on any atom is -0.491 e. The van der Waals surface area contributed by atoms with Crippen molar-refractivity contribution in [2.45, 2.75) is 20.0 Å². The van der Waals surface area contributed by atoms with Crippen LogP contribution in [0.4, 0.5) is 0 Å². The van der Waals surface area contributed by atoms with Gasteiger partial charge in [0.25, 0.3) is 0 Å². The van der Waals surface area contributed by atoms with Crippen molar-refractivity contribution >= 4 is 18.4 Å². The molecule has 0 unspecified atom stereocenters. The molecule has 0 aliphatic rings. The van der Waals surface area contributed by atoms with E-state index < -0.39 is 0 Å². The molecule has 6 nitrogen and oxygen atoms in total. The van der Waals surface area contributed by atoms with Crippen molar-refractivity contribution in [1.82, 2.24) is 14.9 Å².